The van der Waals surface area contributed by atoms with Gasteiger partial charge in [-0.3, -0.25) is 4.79 Å². The Bertz CT molecular complexity index is 284. The quantitative estimate of drug-likeness (QED) is 0.665. The molecule has 0 aliphatic heterocycles. The van der Waals surface area contributed by atoms with Gasteiger partial charge in [-0.15, -0.1) is 11.6 Å². The van der Waals surface area contributed by atoms with Crippen molar-refractivity contribution in [2.45, 2.75) is 5.38 Å². The number of carbonyl (C=O) groups is 1. The van der Waals surface area contributed by atoms with E-state index in [4.69, 9.17) is 11.6 Å². The van der Waals surface area contributed by atoms with Gasteiger partial charge in [-0.05, 0) is 5.56 Å². The number of rotatable bonds is 2. The van der Waals surface area contributed by atoms with E-state index in [1.54, 1.807) is 14.1 Å². The average molecular weight is 198 g/mol. The van der Waals surface area contributed by atoms with Gasteiger partial charge in [0.25, 0.3) is 0 Å². The highest BCUT2D eigenvalue weighted by molar-refractivity contribution is 6.30. The predicted molar refractivity (Wildman–Crippen MR) is 53.7 cm³/mol. The van der Waals surface area contributed by atoms with Gasteiger partial charge in [0.2, 0.25) is 5.91 Å². The van der Waals surface area contributed by atoms with Crippen molar-refractivity contribution in [3.8, 4) is 0 Å². The fourth-order valence-corrected chi connectivity index (χ4v) is 1.33. The molecule has 0 aliphatic rings. The summed E-state index contributed by atoms with van der Waals surface area (Å²) in [6, 6.07) is 9.33. The van der Waals surface area contributed by atoms with Crippen molar-refractivity contribution in [3.05, 3.63) is 35.9 Å². The van der Waals surface area contributed by atoms with Gasteiger partial charge >= 0.3 is 0 Å². The van der Waals surface area contributed by atoms with Gasteiger partial charge in [0.1, 0.15) is 5.38 Å². The molecular formula is C10H12ClNO. The van der Waals surface area contributed by atoms with E-state index in [1.807, 2.05) is 30.3 Å². The second kappa shape index (κ2) is 4.28. The molecule has 3 heteroatoms. The summed E-state index contributed by atoms with van der Waals surface area (Å²) in [4.78, 5) is 12.9. The monoisotopic (exact) mass is 197 g/mol. The Labute approximate surface area is 83.1 Å². The Hall–Kier alpha value is -1.02. The summed E-state index contributed by atoms with van der Waals surface area (Å²) < 4.78 is 0. The first-order chi connectivity index (χ1) is 6.13. The van der Waals surface area contributed by atoms with Crippen LogP contribution in [0.3, 0.4) is 0 Å². The Morgan fingerprint density at radius 3 is 2.31 bits per heavy atom. The summed E-state index contributed by atoms with van der Waals surface area (Å²) in [5.74, 6) is -0.0899. The summed E-state index contributed by atoms with van der Waals surface area (Å²) in [7, 11) is 3.39. The van der Waals surface area contributed by atoms with Crippen LogP contribution in [0.1, 0.15) is 10.9 Å². The molecule has 0 aliphatic carbocycles. The average Bonchev–Trinajstić information content (AvgIpc) is 2.17. The second-order valence-electron chi connectivity index (χ2n) is 3.01. The van der Waals surface area contributed by atoms with Gasteiger partial charge in [-0.25, -0.2) is 0 Å². The zero-order chi connectivity index (χ0) is 9.84. The number of alkyl halides is 1. The van der Waals surface area contributed by atoms with Crippen molar-refractivity contribution in [2.24, 2.45) is 0 Å². The van der Waals surface area contributed by atoms with Crippen molar-refractivity contribution < 1.29 is 4.79 Å². The van der Waals surface area contributed by atoms with Gasteiger partial charge in [-0.2, -0.15) is 0 Å². The van der Waals surface area contributed by atoms with Crippen LogP contribution in [0, 0.1) is 0 Å². The maximum Gasteiger partial charge on any atom is 0.244 e. The maximum absolute atomic E-state index is 11.4. The molecule has 1 aromatic rings. The predicted octanol–water partition coefficient (Wildman–Crippen LogP) is 2.05. The van der Waals surface area contributed by atoms with E-state index < -0.39 is 5.38 Å². The minimum atomic E-state index is -0.573. The molecule has 0 saturated carbocycles. The first-order valence-corrected chi connectivity index (χ1v) is 4.46. The number of hydrogen-bond donors (Lipinski definition) is 0. The summed E-state index contributed by atoms with van der Waals surface area (Å²) in [5.41, 5.74) is 0.836. The lowest BCUT2D eigenvalue weighted by molar-refractivity contribution is -0.128. The smallest absolute Gasteiger partial charge is 0.244 e. The lowest BCUT2D eigenvalue weighted by Gasteiger charge is -2.14. The first-order valence-electron chi connectivity index (χ1n) is 4.03. The Morgan fingerprint density at radius 1 is 1.31 bits per heavy atom. The minimum absolute atomic E-state index is 0.0899. The molecule has 70 valence electrons. The zero-order valence-electron chi connectivity index (χ0n) is 7.70. The number of hydrogen-bond acceptors (Lipinski definition) is 1. The number of nitrogens with zero attached hydrogens (tertiary/aromatic N) is 1. The molecule has 1 rings (SSSR count). The first kappa shape index (κ1) is 10.1. The molecule has 13 heavy (non-hydrogen) atoms. The van der Waals surface area contributed by atoms with E-state index in [0.29, 0.717) is 0 Å². The highest BCUT2D eigenvalue weighted by atomic mass is 35.5. The summed E-state index contributed by atoms with van der Waals surface area (Å²) >= 11 is 5.96. The van der Waals surface area contributed by atoms with Crippen LogP contribution in [0.25, 0.3) is 0 Å². The zero-order valence-corrected chi connectivity index (χ0v) is 8.45. The molecule has 0 fully saturated rings. The molecule has 0 spiro atoms. The standard InChI is InChI=1S/C10H12ClNO/c1-12(2)10(13)9(11)8-6-4-3-5-7-8/h3-7,9H,1-2H3. The minimum Gasteiger partial charge on any atom is -0.347 e. The van der Waals surface area contributed by atoms with Crippen LogP contribution < -0.4 is 0 Å². The highest BCUT2D eigenvalue weighted by Crippen LogP contribution is 2.21. The molecule has 0 bridgehead atoms. The van der Waals surface area contributed by atoms with Crippen molar-refractivity contribution in [1.29, 1.82) is 0 Å². The van der Waals surface area contributed by atoms with Gasteiger partial charge in [0.05, 0.1) is 0 Å². The van der Waals surface area contributed by atoms with Crippen LogP contribution in [-0.4, -0.2) is 24.9 Å². The molecule has 0 saturated heterocycles. The van der Waals surface area contributed by atoms with Gasteiger partial charge in [0.15, 0.2) is 0 Å². The van der Waals surface area contributed by atoms with Crippen molar-refractivity contribution in [1.82, 2.24) is 4.90 Å². The van der Waals surface area contributed by atoms with Crippen molar-refractivity contribution >= 4 is 17.5 Å². The topological polar surface area (TPSA) is 20.3 Å². The Kier molecular flexibility index (Phi) is 3.32. The highest BCUT2D eigenvalue weighted by Gasteiger charge is 2.18. The molecule has 1 unspecified atom stereocenters. The van der Waals surface area contributed by atoms with Crippen LogP contribution in [0.2, 0.25) is 0 Å². The van der Waals surface area contributed by atoms with Gasteiger partial charge < -0.3 is 4.90 Å². The number of carbonyl (C=O) groups excluding carboxylic acids is 1. The third kappa shape index (κ3) is 2.46. The van der Waals surface area contributed by atoms with E-state index in [-0.39, 0.29) is 5.91 Å². The number of benzene rings is 1. The SMILES string of the molecule is CN(C)C(=O)C(Cl)c1ccccc1. The van der Waals surface area contributed by atoms with Crippen LogP contribution >= 0.6 is 11.6 Å². The van der Waals surface area contributed by atoms with Crippen LogP contribution in [0.5, 0.6) is 0 Å². The Balaban J connectivity index is 2.80. The third-order valence-electron chi connectivity index (χ3n) is 1.75. The lowest BCUT2D eigenvalue weighted by Crippen LogP contribution is -2.25. The van der Waals surface area contributed by atoms with E-state index in [0.717, 1.165) is 5.56 Å². The fraction of sp³-hybridized carbons (Fsp3) is 0.300. The summed E-state index contributed by atoms with van der Waals surface area (Å²) in [5, 5.41) is -0.573. The largest absolute Gasteiger partial charge is 0.347 e. The molecule has 2 nitrogen and oxygen atoms in total. The molecule has 1 atom stereocenters. The van der Waals surface area contributed by atoms with E-state index >= 15 is 0 Å². The number of amides is 1. The Morgan fingerprint density at radius 2 is 1.85 bits per heavy atom. The molecule has 1 amide bonds. The van der Waals surface area contributed by atoms with Crippen molar-refractivity contribution in [3.63, 3.8) is 0 Å². The van der Waals surface area contributed by atoms with Gasteiger partial charge in [0, 0.05) is 14.1 Å². The summed E-state index contributed by atoms with van der Waals surface area (Å²) in [6.45, 7) is 0. The molecule has 0 aromatic heterocycles. The van der Waals surface area contributed by atoms with Gasteiger partial charge in [-0.1, -0.05) is 30.3 Å². The van der Waals surface area contributed by atoms with Crippen molar-refractivity contribution in [2.75, 3.05) is 14.1 Å². The molecular weight excluding hydrogens is 186 g/mol. The fourth-order valence-electron chi connectivity index (χ4n) is 0.991. The van der Waals surface area contributed by atoms with Crippen LogP contribution in [-0.2, 0) is 4.79 Å². The van der Waals surface area contributed by atoms with E-state index in [1.165, 1.54) is 4.90 Å². The van der Waals surface area contributed by atoms with Crippen LogP contribution in [0.15, 0.2) is 30.3 Å². The molecule has 0 N–H and O–H groups in total. The van der Waals surface area contributed by atoms with E-state index in [2.05, 4.69) is 0 Å². The lowest BCUT2D eigenvalue weighted by atomic mass is 10.1. The molecule has 0 heterocycles. The van der Waals surface area contributed by atoms with Crippen LogP contribution in [0.4, 0.5) is 0 Å². The number of likely N-dealkylation sites (N-methyl/N-ethyl adjacent to an activating group) is 1. The third-order valence-corrected chi connectivity index (χ3v) is 2.19. The second-order valence-corrected chi connectivity index (χ2v) is 3.44. The molecule has 0 radical (unpaired) electrons. The maximum atomic E-state index is 11.4. The number of halogens is 1. The molecule has 1 aromatic carbocycles. The van der Waals surface area contributed by atoms with E-state index in [9.17, 15) is 4.79 Å². The summed E-state index contributed by atoms with van der Waals surface area (Å²) in [6.07, 6.45) is 0. The normalized spacial score (nSPS) is 12.2.